The van der Waals surface area contributed by atoms with E-state index in [2.05, 4.69) is 10.1 Å². The molecule has 7 nitrogen and oxygen atoms in total. The Balaban J connectivity index is 2.82. The fourth-order valence-electron chi connectivity index (χ4n) is 1.39. The van der Waals surface area contributed by atoms with Crippen LogP contribution in [0, 0.1) is 0 Å². The fourth-order valence-corrected chi connectivity index (χ4v) is 3.00. The predicted octanol–water partition coefficient (Wildman–Crippen LogP) is 1.10. The number of carbonyl (C=O) groups excluding carboxylic acids is 2. The van der Waals surface area contributed by atoms with Gasteiger partial charge in [0, 0.05) is 5.02 Å². The number of carbonyl (C=O) groups is 2. The molecule has 0 unspecified atom stereocenters. The van der Waals surface area contributed by atoms with Crippen molar-refractivity contribution < 1.29 is 22.7 Å². The van der Waals surface area contributed by atoms with Crippen molar-refractivity contribution in [2.24, 2.45) is 0 Å². The lowest BCUT2D eigenvalue weighted by molar-refractivity contribution is -0.137. The molecule has 3 N–H and O–H groups in total. The summed E-state index contributed by atoms with van der Waals surface area (Å²) in [6.07, 6.45) is 0. The monoisotopic (exact) mass is 354 g/mol. The van der Waals surface area contributed by atoms with Gasteiger partial charge in [0.25, 0.3) is 0 Å². The third kappa shape index (κ3) is 5.41. The number of nitrogens with one attached hydrogen (secondary N) is 1. The molecule has 0 spiro atoms. The van der Waals surface area contributed by atoms with Gasteiger partial charge in [-0.25, -0.2) is 8.42 Å². The summed E-state index contributed by atoms with van der Waals surface area (Å²) in [4.78, 5) is 22.6. The van der Waals surface area contributed by atoms with E-state index in [-0.39, 0.29) is 21.4 Å². The number of nitrogen functional groups attached to an aromatic ring is 1. The zero-order valence-electron chi connectivity index (χ0n) is 10.9. The van der Waals surface area contributed by atoms with Gasteiger partial charge in [0.05, 0.1) is 23.5 Å². The van der Waals surface area contributed by atoms with Gasteiger partial charge in [-0.2, -0.15) is 0 Å². The Kier molecular flexibility index (Phi) is 5.82. The minimum absolute atomic E-state index is 0.0549. The van der Waals surface area contributed by atoms with Crippen LogP contribution >= 0.6 is 23.2 Å². The highest BCUT2D eigenvalue weighted by molar-refractivity contribution is 7.92. The fraction of sp³-hybridized carbons (Fsp3) is 0.273. The molecule has 1 rings (SSSR count). The Morgan fingerprint density at radius 1 is 1.29 bits per heavy atom. The number of halogens is 2. The van der Waals surface area contributed by atoms with Crippen molar-refractivity contribution >= 4 is 56.3 Å². The SMILES string of the molecule is COC(=O)CS(=O)(=O)CC(=O)Nc1c(N)cc(Cl)cc1Cl. The van der Waals surface area contributed by atoms with Crippen LogP contribution in [0.25, 0.3) is 0 Å². The van der Waals surface area contributed by atoms with Crippen LogP contribution in [-0.4, -0.2) is 38.9 Å². The second-order valence-electron chi connectivity index (χ2n) is 4.01. The molecule has 21 heavy (non-hydrogen) atoms. The van der Waals surface area contributed by atoms with E-state index in [4.69, 9.17) is 28.9 Å². The molecular formula is C11H12Cl2N2O5S. The van der Waals surface area contributed by atoms with Crippen molar-refractivity contribution in [3.8, 4) is 0 Å². The standard InChI is InChI=1S/C11H12Cl2N2O5S/c1-20-10(17)5-21(18,19)4-9(16)15-11-7(13)2-6(12)3-8(11)14/h2-3H,4-5,14H2,1H3,(H,15,16). The molecule has 1 amide bonds. The highest BCUT2D eigenvalue weighted by Gasteiger charge is 2.22. The molecule has 1 aromatic carbocycles. The molecule has 116 valence electrons. The van der Waals surface area contributed by atoms with Gasteiger partial charge >= 0.3 is 5.97 Å². The van der Waals surface area contributed by atoms with E-state index < -0.39 is 33.2 Å². The predicted molar refractivity (Wildman–Crippen MR) is 80.2 cm³/mol. The number of methoxy groups -OCH3 is 1. The highest BCUT2D eigenvalue weighted by atomic mass is 35.5. The number of anilines is 2. The average molecular weight is 355 g/mol. The van der Waals surface area contributed by atoms with Crippen molar-refractivity contribution in [2.75, 3.05) is 29.7 Å². The maximum absolute atomic E-state index is 11.7. The Bertz CT molecular complexity index is 652. The Morgan fingerprint density at radius 2 is 1.90 bits per heavy atom. The molecule has 0 aromatic heterocycles. The number of benzene rings is 1. The van der Waals surface area contributed by atoms with Crippen molar-refractivity contribution in [1.29, 1.82) is 0 Å². The molecule has 0 heterocycles. The molecule has 0 saturated carbocycles. The molecule has 0 saturated heterocycles. The van der Waals surface area contributed by atoms with Crippen LogP contribution in [0.5, 0.6) is 0 Å². The largest absolute Gasteiger partial charge is 0.468 e. The van der Waals surface area contributed by atoms with Crippen LogP contribution in [0.1, 0.15) is 0 Å². The van der Waals surface area contributed by atoms with Crippen molar-refractivity contribution in [3.05, 3.63) is 22.2 Å². The van der Waals surface area contributed by atoms with Crippen molar-refractivity contribution in [3.63, 3.8) is 0 Å². The number of nitrogens with two attached hydrogens (primary N) is 1. The zero-order valence-corrected chi connectivity index (χ0v) is 13.2. The van der Waals surface area contributed by atoms with E-state index in [0.717, 1.165) is 7.11 Å². The quantitative estimate of drug-likeness (QED) is 0.604. The highest BCUT2D eigenvalue weighted by Crippen LogP contribution is 2.31. The maximum atomic E-state index is 11.7. The molecule has 0 bridgehead atoms. The second kappa shape index (κ2) is 6.97. The number of sulfone groups is 1. The lowest BCUT2D eigenvalue weighted by Gasteiger charge is -2.10. The van der Waals surface area contributed by atoms with E-state index in [1.165, 1.54) is 12.1 Å². The van der Waals surface area contributed by atoms with Crippen LogP contribution in [0.3, 0.4) is 0 Å². The Hall–Kier alpha value is -1.51. The normalized spacial score (nSPS) is 11.0. The number of esters is 1. The van der Waals surface area contributed by atoms with Crippen LogP contribution in [0.15, 0.2) is 12.1 Å². The molecule has 10 heteroatoms. The molecule has 0 atom stereocenters. The number of ether oxygens (including phenoxy) is 1. The molecule has 0 aliphatic rings. The van der Waals surface area contributed by atoms with Gasteiger partial charge in [-0.1, -0.05) is 23.2 Å². The minimum Gasteiger partial charge on any atom is -0.468 e. The van der Waals surface area contributed by atoms with Gasteiger partial charge in [-0.05, 0) is 12.1 Å². The maximum Gasteiger partial charge on any atom is 0.320 e. The Labute approximate surface area is 131 Å². The van der Waals surface area contributed by atoms with Crippen LogP contribution in [0.2, 0.25) is 10.0 Å². The van der Waals surface area contributed by atoms with Gasteiger partial charge in [0.2, 0.25) is 5.91 Å². The van der Waals surface area contributed by atoms with Gasteiger partial charge in [0.15, 0.2) is 9.84 Å². The topological polar surface area (TPSA) is 116 Å². The van der Waals surface area contributed by atoms with E-state index in [0.29, 0.717) is 0 Å². The van der Waals surface area contributed by atoms with Crippen LogP contribution < -0.4 is 11.1 Å². The summed E-state index contributed by atoms with van der Waals surface area (Å²) < 4.78 is 27.4. The summed E-state index contributed by atoms with van der Waals surface area (Å²) in [5, 5.41) is 2.61. The lowest BCUT2D eigenvalue weighted by Crippen LogP contribution is -2.28. The molecule has 0 aliphatic heterocycles. The lowest BCUT2D eigenvalue weighted by atomic mass is 10.2. The summed E-state index contributed by atoms with van der Waals surface area (Å²) >= 11 is 11.6. The molecule has 0 aliphatic carbocycles. The summed E-state index contributed by atoms with van der Waals surface area (Å²) in [5.74, 6) is -3.62. The summed E-state index contributed by atoms with van der Waals surface area (Å²) in [7, 11) is -2.89. The average Bonchev–Trinajstić information content (AvgIpc) is 2.32. The van der Waals surface area contributed by atoms with E-state index >= 15 is 0 Å². The third-order valence-corrected chi connectivity index (χ3v) is 4.16. The van der Waals surface area contributed by atoms with Crippen LogP contribution in [0.4, 0.5) is 11.4 Å². The molecule has 1 aromatic rings. The van der Waals surface area contributed by atoms with Crippen molar-refractivity contribution in [2.45, 2.75) is 0 Å². The van der Waals surface area contributed by atoms with Gasteiger partial charge < -0.3 is 15.8 Å². The summed E-state index contributed by atoms with van der Waals surface area (Å²) in [5.41, 5.74) is 5.77. The third-order valence-electron chi connectivity index (χ3n) is 2.27. The first kappa shape index (κ1) is 17.5. The summed E-state index contributed by atoms with van der Waals surface area (Å²) in [6, 6.07) is 2.70. The smallest absolute Gasteiger partial charge is 0.320 e. The summed E-state index contributed by atoms with van der Waals surface area (Å²) in [6.45, 7) is 0. The first-order valence-corrected chi connectivity index (χ1v) is 8.04. The van der Waals surface area contributed by atoms with Gasteiger partial charge in [-0.3, -0.25) is 9.59 Å². The van der Waals surface area contributed by atoms with E-state index in [9.17, 15) is 18.0 Å². The molecule has 0 radical (unpaired) electrons. The minimum atomic E-state index is -3.94. The number of amides is 1. The second-order valence-corrected chi connectivity index (χ2v) is 6.92. The zero-order chi connectivity index (χ0) is 16.2. The van der Waals surface area contributed by atoms with E-state index in [1.54, 1.807) is 0 Å². The van der Waals surface area contributed by atoms with Gasteiger partial charge in [-0.15, -0.1) is 0 Å². The van der Waals surface area contributed by atoms with Crippen LogP contribution in [-0.2, 0) is 24.2 Å². The first-order valence-electron chi connectivity index (χ1n) is 5.46. The Morgan fingerprint density at radius 3 is 2.43 bits per heavy atom. The number of hydrogen-bond donors (Lipinski definition) is 2. The van der Waals surface area contributed by atoms with E-state index in [1.807, 2.05) is 0 Å². The van der Waals surface area contributed by atoms with Crippen molar-refractivity contribution in [1.82, 2.24) is 0 Å². The molecule has 0 fully saturated rings. The van der Waals surface area contributed by atoms with Gasteiger partial charge in [0.1, 0.15) is 11.5 Å². The number of hydrogen-bond acceptors (Lipinski definition) is 6. The number of rotatable bonds is 5. The first-order chi connectivity index (χ1) is 9.64. The molecular weight excluding hydrogens is 343 g/mol.